The highest BCUT2D eigenvalue weighted by Crippen LogP contribution is 2.32. The zero-order chi connectivity index (χ0) is 12.4. The summed E-state index contributed by atoms with van der Waals surface area (Å²) in [4.78, 5) is 4.86. The van der Waals surface area contributed by atoms with E-state index >= 15 is 0 Å². The van der Waals surface area contributed by atoms with Gasteiger partial charge in [0.1, 0.15) is 5.82 Å². The zero-order valence-electron chi connectivity index (χ0n) is 11.6. The summed E-state index contributed by atoms with van der Waals surface area (Å²) in [5.74, 6) is 1.99. The second kappa shape index (κ2) is 5.07. The number of allylic oxidation sites excluding steroid dienone is 1. The van der Waals surface area contributed by atoms with Crippen LogP contribution < -0.4 is 0 Å². The summed E-state index contributed by atoms with van der Waals surface area (Å²) in [7, 11) is 2.16. The molecule has 1 aliphatic rings. The maximum absolute atomic E-state index is 4.86. The van der Waals surface area contributed by atoms with Gasteiger partial charge in [-0.2, -0.15) is 0 Å². The summed E-state index contributed by atoms with van der Waals surface area (Å²) in [6.45, 7) is 6.44. The molecular formula is C15H24N2. The molecule has 1 aliphatic carbocycles. The number of aromatic nitrogens is 2. The quantitative estimate of drug-likeness (QED) is 0.747. The number of hydrogen-bond acceptors (Lipinski definition) is 1. The van der Waals surface area contributed by atoms with Gasteiger partial charge in [-0.05, 0) is 39.7 Å². The smallest absolute Gasteiger partial charge is 0.112 e. The highest BCUT2D eigenvalue weighted by molar-refractivity contribution is 5.51. The average Bonchev–Trinajstić information content (AvgIpc) is 2.58. The summed E-state index contributed by atoms with van der Waals surface area (Å²) in [5.41, 5.74) is 3.78. The van der Waals surface area contributed by atoms with E-state index in [1.807, 2.05) is 0 Å². The molecule has 2 nitrogen and oxygen atoms in total. The molecule has 0 aromatic carbocycles. The van der Waals surface area contributed by atoms with E-state index in [-0.39, 0.29) is 0 Å². The molecule has 1 saturated carbocycles. The van der Waals surface area contributed by atoms with Crippen molar-refractivity contribution in [2.75, 3.05) is 0 Å². The fraction of sp³-hybridized carbons (Fsp3) is 0.667. The molecule has 0 spiro atoms. The summed E-state index contributed by atoms with van der Waals surface area (Å²) < 4.78 is 2.30. The number of hydrogen-bond donors (Lipinski definition) is 0. The predicted molar refractivity (Wildman–Crippen MR) is 73.1 cm³/mol. The van der Waals surface area contributed by atoms with Gasteiger partial charge in [0.2, 0.25) is 0 Å². The molecule has 1 aromatic rings. The molecule has 1 fully saturated rings. The largest absolute Gasteiger partial charge is 0.335 e. The lowest BCUT2D eigenvalue weighted by Gasteiger charge is -2.21. The van der Waals surface area contributed by atoms with Gasteiger partial charge in [0, 0.05) is 18.7 Å². The average molecular weight is 232 g/mol. The molecule has 0 amide bonds. The van der Waals surface area contributed by atoms with Gasteiger partial charge in [-0.3, -0.25) is 0 Å². The zero-order valence-corrected chi connectivity index (χ0v) is 11.6. The number of rotatable bonds is 2. The molecule has 1 aromatic heterocycles. The molecule has 1 heterocycles. The third-order valence-corrected chi connectivity index (χ3v) is 3.85. The molecular weight excluding hydrogens is 208 g/mol. The molecule has 0 bridgehead atoms. The molecule has 17 heavy (non-hydrogen) atoms. The maximum atomic E-state index is 4.86. The van der Waals surface area contributed by atoms with Gasteiger partial charge < -0.3 is 4.57 Å². The minimum Gasteiger partial charge on any atom is -0.335 e. The predicted octanol–water partition coefficient (Wildman–Crippen LogP) is 4.20. The standard InChI is InChI=1S/C15H24N2/c1-11(2)10-14-12(3)17(4)15(16-14)13-8-6-5-7-9-13/h10,13H,5-9H2,1-4H3. The first-order valence-corrected chi connectivity index (χ1v) is 6.77. The van der Waals surface area contributed by atoms with Crippen molar-refractivity contribution < 1.29 is 0 Å². The highest BCUT2D eigenvalue weighted by Gasteiger charge is 2.21. The molecule has 0 unspecified atom stereocenters. The Labute approximate surface area is 105 Å². The number of nitrogens with zero attached hydrogens (tertiary/aromatic N) is 2. The van der Waals surface area contributed by atoms with Gasteiger partial charge >= 0.3 is 0 Å². The molecule has 2 heteroatoms. The fourth-order valence-electron chi connectivity index (χ4n) is 2.76. The van der Waals surface area contributed by atoms with Crippen LogP contribution in [0.2, 0.25) is 0 Å². The van der Waals surface area contributed by atoms with Crippen molar-refractivity contribution in [2.24, 2.45) is 7.05 Å². The Morgan fingerprint density at radius 3 is 2.47 bits per heavy atom. The SMILES string of the molecule is CC(C)=Cc1nc(C2CCCCC2)n(C)c1C. The fourth-order valence-corrected chi connectivity index (χ4v) is 2.76. The molecule has 0 aliphatic heterocycles. The van der Waals surface area contributed by atoms with E-state index in [2.05, 4.69) is 38.5 Å². The van der Waals surface area contributed by atoms with Crippen LogP contribution in [0, 0.1) is 6.92 Å². The van der Waals surface area contributed by atoms with Crippen LogP contribution in [0.25, 0.3) is 6.08 Å². The van der Waals surface area contributed by atoms with E-state index in [4.69, 9.17) is 4.98 Å². The van der Waals surface area contributed by atoms with Gasteiger partial charge in [-0.25, -0.2) is 4.98 Å². The van der Waals surface area contributed by atoms with Crippen LogP contribution >= 0.6 is 0 Å². The maximum Gasteiger partial charge on any atom is 0.112 e. The molecule has 2 rings (SSSR count). The van der Waals surface area contributed by atoms with Crippen LogP contribution in [-0.4, -0.2) is 9.55 Å². The van der Waals surface area contributed by atoms with Crippen LogP contribution in [0.3, 0.4) is 0 Å². The molecule has 94 valence electrons. The van der Waals surface area contributed by atoms with Gasteiger partial charge in [-0.1, -0.05) is 24.8 Å². The monoisotopic (exact) mass is 232 g/mol. The Bertz CT molecular complexity index is 416. The van der Waals surface area contributed by atoms with Crippen LogP contribution in [0.5, 0.6) is 0 Å². The molecule has 0 atom stereocenters. The van der Waals surface area contributed by atoms with Gasteiger partial charge in [0.15, 0.2) is 0 Å². The lowest BCUT2D eigenvalue weighted by Crippen LogP contribution is -2.10. The van der Waals surface area contributed by atoms with Crippen LogP contribution in [0.1, 0.15) is 69.1 Å². The van der Waals surface area contributed by atoms with Gasteiger partial charge in [0.25, 0.3) is 0 Å². The Kier molecular flexibility index (Phi) is 3.70. The first-order chi connectivity index (χ1) is 8.09. The normalized spacial score (nSPS) is 17.2. The molecule has 0 radical (unpaired) electrons. The lowest BCUT2D eigenvalue weighted by molar-refractivity contribution is 0.420. The Morgan fingerprint density at radius 1 is 1.24 bits per heavy atom. The third kappa shape index (κ3) is 2.62. The first-order valence-electron chi connectivity index (χ1n) is 6.77. The number of imidazole rings is 1. The van der Waals surface area contributed by atoms with Crippen molar-refractivity contribution in [1.29, 1.82) is 0 Å². The van der Waals surface area contributed by atoms with Crippen LogP contribution in [0.4, 0.5) is 0 Å². The van der Waals surface area contributed by atoms with E-state index < -0.39 is 0 Å². The molecule has 0 saturated heterocycles. The van der Waals surface area contributed by atoms with E-state index in [1.165, 1.54) is 49.2 Å². The Hall–Kier alpha value is -1.05. The summed E-state index contributed by atoms with van der Waals surface area (Å²) >= 11 is 0. The van der Waals surface area contributed by atoms with Crippen molar-refractivity contribution in [2.45, 2.75) is 58.8 Å². The van der Waals surface area contributed by atoms with E-state index in [0.717, 1.165) is 5.69 Å². The second-order valence-corrected chi connectivity index (χ2v) is 5.56. The Morgan fingerprint density at radius 2 is 1.88 bits per heavy atom. The van der Waals surface area contributed by atoms with Gasteiger partial charge in [0.05, 0.1) is 5.69 Å². The highest BCUT2D eigenvalue weighted by atomic mass is 15.1. The summed E-state index contributed by atoms with van der Waals surface area (Å²) in [5, 5.41) is 0. The minimum absolute atomic E-state index is 0.687. The summed E-state index contributed by atoms with van der Waals surface area (Å²) in [6.07, 6.45) is 8.97. The minimum atomic E-state index is 0.687. The lowest BCUT2D eigenvalue weighted by atomic mass is 9.89. The van der Waals surface area contributed by atoms with Crippen molar-refractivity contribution >= 4 is 6.08 Å². The molecule has 0 N–H and O–H groups in total. The van der Waals surface area contributed by atoms with E-state index in [0.29, 0.717) is 5.92 Å². The van der Waals surface area contributed by atoms with Crippen molar-refractivity contribution in [3.05, 3.63) is 22.8 Å². The third-order valence-electron chi connectivity index (χ3n) is 3.85. The van der Waals surface area contributed by atoms with Crippen molar-refractivity contribution in [3.63, 3.8) is 0 Å². The Balaban J connectivity index is 2.31. The van der Waals surface area contributed by atoms with E-state index in [1.54, 1.807) is 0 Å². The van der Waals surface area contributed by atoms with Gasteiger partial charge in [-0.15, -0.1) is 0 Å². The summed E-state index contributed by atoms with van der Waals surface area (Å²) in [6, 6.07) is 0. The second-order valence-electron chi connectivity index (χ2n) is 5.56. The van der Waals surface area contributed by atoms with Crippen LogP contribution in [-0.2, 0) is 7.05 Å². The topological polar surface area (TPSA) is 17.8 Å². The first kappa shape index (κ1) is 12.4. The van der Waals surface area contributed by atoms with E-state index in [9.17, 15) is 0 Å². The van der Waals surface area contributed by atoms with Crippen molar-refractivity contribution in [1.82, 2.24) is 9.55 Å². The van der Waals surface area contributed by atoms with Crippen molar-refractivity contribution in [3.8, 4) is 0 Å². The van der Waals surface area contributed by atoms with Crippen LogP contribution in [0.15, 0.2) is 5.57 Å².